The summed E-state index contributed by atoms with van der Waals surface area (Å²) in [5.41, 5.74) is 1.96. The van der Waals surface area contributed by atoms with Crippen LogP contribution in [0.4, 0.5) is 0 Å². The van der Waals surface area contributed by atoms with Crippen LogP contribution in [0.25, 0.3) is 0 Å². The lowest BCUT2D eigenvalue weighted by Crippen LogP contribution is -2.42. The summed E-state index contributed by atoms with van der Waals surface area (Å²) in [5, 5.41) is 10.8. The zero-order valence-electron chi connectivity index (χ0n) is 12.7. The van der Waals surface area contributed by atoms with Gasteiger partial charge in [0.2, 0.25) is 0 Å². The van der Waals surface area contributed by atoms with Crippen LogP contribution in [0.3, 0.4) is 0 Å². The van der Waals surface area contributed by atoms with Crippen LogP contribution in [-0.4, -0.2) is 29.6 Å². The molecule has 1 aromatic rings. The number of likely N-dealkylation sites (tertiary alicyclic amines) is 1. The molecule has 0 radical (unpaired) electrons. The van der Waals surface area contributed by atoms with E-state index < -0.39 is 5.60 Å². The zero-order valence-corrected chi connectivity index (χ0v) is 12.7. The van der Waals surface area contributed by atoms with Crippen LogP contribution in [0.15, 0.2) is 24.3 Å². The zero-order chi connectivity index (χ0) is 14.1. The highest BCUT2D eigenvalue weighted by Gasteiger charge is 2.33. The van der Waals surface area contributed by atoms with Crippen LogP contribution in [-0.2, 0) is 11.0 Å². The average Bonchev–Trinajstić information content (AvgIpc) is 2.39. The Labute approximate surface area is 117 Å². The Morgan fingerprint density at radius 1 is 1.11 bits per heavy atom. The fourth-order valence-corrected chi connectivity index (χ4v) is 2.81. The predicted molar refractivity (Wildman–Crippen MR) is 80.4 cm³/mol. The number of hydrogen-bond acceptors (Lipinski definition) is 2. The number of benzene rings is 1. The molecule has 0 atom stereocenters. The number of hydrogen-bond donors (Lipinski definition) is 1. The quantitative estimate of drug-likeness (QED) is 0.883. The second kappa shape index (κ2) is 5.26. The molecule has 0 bridgehead atoms. The molecule has 2 heteroatoms. The van der Waals surface area contributed by atoms with Crippen LogP contribution in [0.1, 0.15) is 51.7 Å². The van der Waals surface area contributed by atoms with Gasteiger partial charge in [-0.2, -0.15) is 0 Å². The predicted octanol–water partition coefficient (Wildman–Crippen LogP) is 3.29. The SMILES string of the molecule is CCN1CCC(O)(c2ccc(C(C)(C)C)cc2)CC1. The lowest BCUT2D eigenvalue weighted by molar-refractivity contribution is -0.0247. The third kappa shape index (κ3) is 3.18. The first-order valence-electron chi connectivity index (χ1n) is 7.41. The first kappa shape index (κ1) is 14.5. The Hall–Kier alpha value is -0.860. The summed E-state index contributed by atoms with van der Waals surface area (Å²) in [6.45, 7) is 11.9. The monoisotopic (exact) mass is 261 g/mol. The van der Waals surface area contributed by atoms with Crippen molar-refractivity contribution < 1.29 is 5.11 Å². The minimum absolute atomic E-state index is 0.173. The average molecular weight is 261 g/mol. The minimum Gasteiger partial charge on any atom is -0.385 e. The molecule has 0 aromatic heterocycles. The maximum Gasteiger partial charge on any atom is 0.0920 e. The number of aliphatic hydroxyl groups is 1. The van der Waals surface area contributed by atoms with Gasteiger partial charge in [0.25, 0.3) is 0 Å². The fourth-order valence-electron chi connectivity index (χ4n) is 2.81. The van der Waals surface area contributed by atoms with Crippen molar-refractivity contribution in [3.63, 3.8) is 0 Å². The molecule has 0 unspecified atom stereocenters. The van der Waals surface area contributed by atoms with E-state index in [-0.39, 0.29) is 5.41 Å². The summed E-state index contributed by atoms with van der Waals surface area (Å²) >= 11 is 0. The van der Waals surface area contributed by atoms with Crippen LogP contribution in [0.5, 0.6) is 0 Å². The van der Waals surface area contributed by atoms with Crippen molar-refractivity contribution in [2.45, 2.75) is 51.6 Å². The highest BCUT2D eigenvalue weighted by molar-refractivity contribution is 5.31. The molecular weight excluding hydrogens is 234 g/mol. The van der Waals surface area contributed by atoms with Crippen molar-refractivity contribution in [1.29, 1.82) is 0 Å². The van der Waals surface area contributed by atoms with Gasteiger partial charge in [-0.1, -0.05) is 52.0 Å². The van der Waals surface area contributed by atoms with Crippen molar-refractivity contribution in [1.82, 2.24) is 4.90 Å². The minimum atomic E-state index is -0.623. The summed E-state index contributed by atoms with van der Waals surface area (Å²) in [6, 6.07) is 8.56. The first-order chi connectivity index (χ1) is 8.85. The molecule has 2 nitrogen and oxygen atoms in total. The molecule has 1 saturated heterocycles. The number of nitrogens with zero attached hydrogens (tertiary/aromatic N) is 1. The largest absolute Gasteiger partial charge is 0.385 e. The van der Waals surface area contributed by atoms with Crippen LogP contribution < -0.4 is 0 Å². The van der Waals surface area contributed by atoms with Gasteiger partial charge in [-0.15, -0.1) is 0 Å². The Kier molecular flexibility index (Phi) is 4.03. The van der Waals surface area contributed by atoms with Crippen molar-refractivity contribution >= 4 is 0 Å². The van der Waals surface area contributed by atoms with Crippen molar-refractivity contribution in [2.75, 3.05) is 19.6 Å². The molecule has 0 saturated carbocycles. The van der Waals surface area contributed by atoms with Gasteiger partial charge in [0.15, 0.2) is 0 Å². The lowest BCUT2D eigenvalue weighted by atomic mass is 9.81. The molecule has 1 N–H and O–H groups in total. The number of piperidine rings is 1. The molecular formula is C17H27NO. The van der Waals surface area contributed by atoms with E-state index in [4.69, 9.17) is 0 Å². The summed E-state index contributed by atoms with van der Waals surface area (Å²) in [5.74, 6) is 0. The van der Waals surface area contributed by atoms with E-state index in [1.54, 1.807) is 0 Å². The molecule has 1 aromatic carbocycles. The topological polar surface area (TPSA) is 23.5 Å². The van der Waals surface area contributed by atoms with E-state index in [1.165, 1.54) is 5.56 Å². The molecule has 0 amide bonds. The lowest BCUT2D eigenvalue weighted by Gasteiger charge is -2.38. The number of rotatable bonds is 2. The molecule has 19 heavy (non-hydrogen) atoms. The molecule has 2 rings (SSSR count). The second-order valence-corrected chi connectivity index (χ2v) is 6.79. The second-order valence-electron chi connectivity index (χ2n) is 6.79. The Bertz CT molecular complexity index is 408. The normalized spacial score (nSPS) is 20.5. The molecule has 1 aliphatic rings. The van der Waals surface area contributed by atoms with Crippen LogP contribution >= 0.6 is 0 Å². The maximum atomic E-state index is 10.8. The van der Waals surface area contributed by atoms with E-state index in [9.17, 15) is 5.11 Å². The van der Waals surface area contributed by atoms with Gasteiger partial charge in [-0.3, -0.25) is 0 Å². The van der Waals surface area contributed by atoms with Gasteiger partial charge >= 0.3 is 0 Å². The van der Waals surface area contributed by atoms with Crippen molar-refractivity contribution in [2.24, 2.45) is 0 Å². The van der Waals surface area contributed by atoms with Gasteiger partial charge in [0.1, 0.15) is 0 Å². The highest BCUT2D eigenvalue weighted by atomic mass is 16.3. The first-order valence-corrected chi connectivity index (χ1v) is 7.41. The smallest absolute Gasteiger partial charge is 0.0920 e. The van der Waals surface area contributed by atoms with Crippen molar-refractivity contribution in [3.8, 4) is 0 Å². The standard InChI is InChI=1S/C17H27NO/c1-5-18-12-10-17(19,11-13-18)15-8-6-14(7-9-15)16(2,3)4/h6-9,19H,5,10-13H2,1-4H3. The summed E-state index contributed by atoms with van der Waals surface area (Å²) < 4.78 is 0. The van der Waals surface area contributed by atoms with Crippen molar-refractivity contribution in [3.05, 3.63) is 35.4 Å². The van der Waals surface area contributed by atoms with Crippen LogP contribution in [0.2, 0.25) is 0 Å². The molecule has 1 heterocycles. The molecule has 1 aliphatic heterocycles. The Morgan fingerprint density at radius 3 is 2.05 bits per heavy atom. The molecule has 106 valence electrons. The Balaban J connectivity index is 2.14. The van der Waals surface area contributed by atoms with E-state index in [0.29, 0.717) is 0 Å². The third-order valence-corrected chi connectivity index (χ3v) is 4.42. The highest BCUT2D eigenvalue weighted by Crippen LogP contribution is 2.34. The fraction of sp³-hybridized carbons (Fsp3) is 0.647. The summed E-state index contributed by atoms with van der Waals surface area (Å²) in [6.07, 6.45) is 1.69. The summed E-state index contributed by atoms with van der Waals surface area (Å²) in [4.78, 5) is 2.40. The molecule has 0 aliphatic carbocycles. The van der Waals surface area contributed by atoms with Gasteiger partial charge in [-0.05, 0) is 35.9 Å². The molecule has 1 fully saturated rings. The van der Waals surface area contributed by atoms with E-state index in [0.717, 1.165) is 38.0 Å². The molecule has 0 spiro atoms. The summed E-state index contributed by atoms with van der Waals surface area (Å²) in [7, 11) is 0. The van der Waals surface area contributed by atoms with Gasteiger partial charge < -0.3 is 10.0 Å². The maximum absolute atomic E-state index is 10.8. The Morgan fingerprint density at radius 2 is 1.63 bits per heavy atom. The van der Waals surface area contributed by atoms with E-state index in [1.807, 2.05) is 0 Å². The third-order valence-electron chi connectivity index (χ3n) is 4.42. The van der Waals surface area contributed by atoms with Gasteiger partial charge in [0.05, 0.1) is 5.60 Å². The van der Waals surface area contributed by atoms with E-state index >= 15 is 0 Å². The van der Waals surface area contributed by atoms with E-state index in [2.05, 4.69) is 56.9 Å². The van der Waals surface area contributed by atoms with Gasteiger partial charge in [-0.25, -0.2) is 0 Å². The van der Waals surface area contributed by atoms with Gasteiger partial charge in [0, 0.05) is 13.1 Å². The van der Waals surface area contributed by atoms with Crippen LogP contribution in [0, 0.1) is 0 Å².